The largest absolute Gasteiger partial charge is 0.299 e. The van der Waals surface area contributed by atoms with E-state index >= 15 is 0 Å². The third-order valence-electron chi connectivity index (χ3n) is 3.13. The molecule has 0 aromatic carbocycles. The van der Waals surface area contributed by atoms with E-state index in [0.717, 1.165) is 19.3 Å². The molecule has 2 unspecified atom stereocenters. The molecule has 3 nitrogen and oxygen atoms in total. The first-order chi connectivity index (χ1) is 5.97. The maximum atomic E-state index is 11.7. The molecule has 0 spiro atoms. The van der Waals surface area contributed by atoms with Gasteiger partial charge in [-0.2, -0.15) is 0 Å². The first-order valence-electron chi connectivity index (χ1n) is 4.98. The van der Waals surface area contributed by atoms with E-state index < -0.39 is 0 Å². The second-order valence-electron chi connectivity index (χ2n) is 4.77. The smallest absolute Gasteiger partial charge is 0.138 e. The SMILES string of the molecule is CC1CCC(C(C)(C)NN)C(=O)C1. The van der Waals surface area contributed by atoms with Crippen molar-refractivity contribution in [1.82, 2.24) is 5.43 Å². The number of ketones is 1. The minimum atomic E-state index is -0.253. The summed E-state index contributed by atoms with van der Waals surface area (Å²) in [5, 5.41) is 0. The molecule has 0 amide bonds. The van der Waals surface area contributed by atoms with Gasteiger partial charge in [0.2, 0.25) is 0 Å². The van der Waals surface area contributed by atoms with Gasteiger partial charge in [0, 0.05) is 17.9 Å². The summed E-state index contributed by atoms with van der Waals surface area (Å²) in [7, 11) is 0. The fourth-order valence-corrected chi connectivity index (χ4v) is 2.06. The van der Waals surface area contributed by atoms with E-state index in [1.807, 2.05) is 13.8 Å². The Morgan fingerprint density at radius 3 is 2.54 bits per heavy atom. The second-order valence-corrected chi connectivity index (χ2v) is 4.77. The zero-order valence-corrected chi connectivity index (χ0v) is 8.76. The van der Waals surface area contributed by atoms with Crippen LogP contribution in [0.2, 0.25) is 0 Å². The molecule has 0 bridgehead atoms. The molecule has 76 valence electrons. The van der Waals surface area contributed by atoms with Crippen LogP contribution in [0, 0.1) is 11.8 Å². The zero-order chi connectivity index (χ0) is 10.1. The van der Waals surface area contributed by atoms with Crippen LogP contribution >= 0.6 is 0 Å². The molecule has 1 rings (SSSR count). The van der Waals surface area contributed by atoms with Crippen LogP contribution in [0.1, 0.15) is 40.0 Å². The van der Waals surface area contributed by atoms with Gasteiger partial charge in [-0.1, -0.05) is 6.92 Å². The predicted molar refractivity (Wildman–Crippen MR) is 52.9 cm³/mol. The molecular formula is C10H20N2O. The average Bonchev–Trinajstić information content (AvgIpc) is 2.03. The topological polar surface area (TPSA) is 55.1 Å². The van der Waals surface area contributed by atoms with Gasteiger partial charge >= 0.3 is 0 Å². The Morgan fingerprint density at radius 1 is 1.46 bits per heavy atom. The van der Waals surface area contributed by atoms with Crippen molar-refractivity contribution in [3.05, 3.63) is 0 Å². The molecule has 0 aromatic heterocycles. The highest BCUT2D eigenvalue weighted by atomic mass is 16.1. The summed E-state index contributed by atoms with van der Waals surface area (Å²) in [5.41, 5.74) is 2.48. The second kappa shape index (κ2) is 3.76. The molecule has 13 heavy (non-hydrogen) atoms. The van der Waals surface area contributed by atoms with Crippen molar-refractivity contribution in [2.45, 2.75) is 45.6 Å². The Morgan fingerprint density at radius 2 is 2.08 bits per heavy atom. The van der Waals surface area contributed by atoms with Gasteiger partial charge in [-0.25, -0.2) is 0 Å². The van der Waals surface area contributed by atoms with Gasteiger partial charge in [0.1, 0.15) is 5.78 Å². The van der Waals surface area contributed by atoms with E-state index in [0.29, 0.717) is 11.7 Å². The summed E-state index contributed by atoms with van der Waals surface area (Å²) >= 11 is 0. The van der Waals surface area contributed by atoms with Crippen LogP contribution in [0.25, 0.3) is 0 Å². The van der Waals surface area contributed by atoms with E-state index in [9.17, 15) is 4.79 Å². The van der Waals surface area contributed by atoms with Crippen molar-refractivity contribution in [2.75, 3.05) is 0 Å². The Labute approximate surface area is 80.0 Å². The Kier molecular flexibility index (Phi) is 3.09. The van der Waals surface area contributed by atoms with Crippen LogP contribution in [-0.2, 0) is 4.79 Å². The number of hydrogen-bond acceptors (Lipinski definition) is 3. The van der Waals surface area contributed by atoms with Crippen molar-refractivity contribution in [3.8, 4) is 0 Å². The number of nitrogens with one attached hydrogen (secondary N) is 1. The standard InChI is InChI=1S/C10H20N2O/c1-7-4-5-8(9(13)6-7)10(2,3)12-11/h7-8,12H,4-6,11H2,1-3H3. The van der Waals surface area contributed by atoms with Crippen molar-refractivity contribution in [2.24, 2.45) is 17.7 Å². The summed E-state index contributed by atoms with van der Waals surface area (Å²) < 4.78 is 0. The normalized spacial score (nSPS) is 30.6. The van der Waals surface area contributed by atoms with Gasteiger partial charge in [0.05, 0.1) is 0 Å². The first kappa shape index (κ1) is 10.7. The van der Waals surface area contributed by atoms with E-state index in [1.165, 1.54) is 0 Å². The van der Waals surface area contributed by atoms with Crippen molar-refractivity contribution in [1.29, 1.82) is 0 Å². The number of hydrogen-bond donors (Lipinski definition) is 2. The lowest BCUT2D eigenvalue weighted by Gasteiger charge is -2.36. The average molecular weight is 184 g/mol. The minimum absolute atomic E-state index is 0.0914. The zero-order valence-electron chi connectivity index (χ0n) is 8.76. The lowest BCUT2D eigenvalue weighted by molar-refractivity contribution is -0.128. The Bertz CT molecular complexity index is 201. The van der Waals surface area contributed by atoms with Crippen LogP contribution in [0.3, 0.4) is 0 Å². The lowest BCUT2D eigenvalue weighted by Crippen LogP contribution is -2.53. The van der Waals surface area contributed by atoms with Gasteiger partial charge in [-0.05, 0) is 32.6 Å². The van der Waals surface area contributed by atoms with E-state index in [4.69, 9.17) is 5.84 Å². The summed E-state index contributed by atoms with van der Waals surface area (Å²) in [6.07, 6.45) is 2.83. The third-order valence-corrected chi connectivity index (χ3v) is 3.13. The Hall–Kier alpha value is -0.410. The van der Waals surface area contributed by atoms with Crippen molar-refractivity contribution >= 4 is 5.78 Å². The third kappa shape index (κ3) is 2.29. The van der Waals surface area contributed by atoms with Gasteiger partial charge < -0.3 is 0 Å². The maximum absolute atomic E-state index is 11.7. The van der Waals surface area contributed by atoms with E-state index in [2.05, 4.69) is 12.3 Å². The molecule has 1 aliphatic rings. The van der Waals surface area contributed by atoms with Crippen LogP contribution < -0.4 is 11.3 Å². The quantitative estimate of drug-likeness (QED) is 0.501. The summed E-state index contributed by atoms with van der Waals surface area (Å²) in [6.45, 7) is 6.12. The highest BCUT2D eigenvalue weighted by molar-refractivity contribution is 5.83. The fraction of sp³-hybridized carbons (Fsp3) is 0.900. The lowest BCUT2D eigenvalue weighted by atomic mass is 9.73. The molecule has 2 atom stereocenters. The van der Waals surface area contributed by atoms with Crippen molar-refractivity contribution < 1.29 is 4.79 Å². The molecule has 3 N–H and O–H groups in total. The molecule has 0 radical (unpaired) electrons. The molecule has 1 fully saturated rings. The van der Waals surface area contributed by atoms with Gasteiger partial charge in [0.15, 0.2) is 0 Å². The predicted octanol–water partition coefficient (Wildman–Crippen LogP) is 1.23. The summed E-state index contributed by atoms with van der Waals surface area (Å²) in [4.78, 5) is 11.7. The van der Waals surface area contributed by atoms with Gasteiger partial charge in [-0.15, -0.1) is 0 Å². The fourth-order valence-electron chi connectivity index (χ4n) is 2.06. The molecule has 0 aromatic rings. The minimum Gasteiger partial charge on any atom is -0.299 e. The first-order valence-corrected chi connectivity index (χ1v) is 4.98. The number of carbonyl (C=O) groups excluding carboxylic acids is 1. The maximum Gasteiger partial charge on any atom is 0.138 e. The molecule has 1 saturated carbocycles. The number of hydrazine groups is 1. The number of rotatable bonds is 2. The summed E-state index contributed by atoms with van der Waals surface area (Å²) in [5.74, 6) is 6.44. The Balaban J connectivity index is 2.66. The molecule has 0 aliphatic heterocycles. The van der Waals surface area contributed by atoms with Gasteiger partial charge in [0.25, 0.3) is 0 Å². The van der Waals surface area contributed by atoms with Crippen LogP contribution in [-0.4, -0.2) is 11.3 Å². The number of nitrogens with two attached hydrogens (primary N) is 1. The van der Waals surface area contributed by atoms with Crippen molar-refractivity contribution in [3.63, 3.8) is 0 Å². The highest BCUT2D eigenvalue weighted by Gasteiger charge is 2.37. The van der Waals surface area contributed by atoms with Crippen LogP contribution in [0.4, 0.5) is 0 Å². The molecule has 0 saturated heterocycles. The van der Waals surface area contributed by atoms with Crippen LogP contribution in [0.15, 0.2) is 0 Å². The van der Waals surface area contributed by atoms with E-state index in [-0.39, 0.29) is 11.5 Å². The van der Waals surface area contributed by atoms with Crippen LogP contribution in [0.5, 0.6) is 0 Å². The molecular weight excluding hydrogens is 164 g/mol. The number of Topliss-reactive ketones (excluding diaryl/α,β-unsaturated/α-hetero) is 1. The monoisotopic (exact) mass is 184 g/mol. The molecule has 0 heterocycles. The molecule has 1 aliphatic carbocycles. The van der Waals surface area contributed by atoms with Gasteiger partial charge in [-0.3, -0.25) is 16.1 Å². The van der Waals surface area contributed by atoms with E-state index in [1.54, 1.807) is 0 Å². The number of carbonyl (C=O) groups is 1. The highest BCUT2D eigenvalue weighted by Crippen LogP contribution is 2.32. The summed E-state index contributed by atoms with van der Waals surface area (Å²) in [6, 6.07) is 0. The molecule has 3 heteroatoms.